The van der Waals surface area contributed by atoms with Crippen molar-refractivity contribution in [3.05, 3.63) is 0 Å². The molecule has 2 nitrogen and oxygen atoms in total. The third-order valence-corrected chi connectivity index (χ3v) is 2.53. The van der Waals surface area contributed by atoms with E-state index in [1.54, 1.807) is 0 Å². The number of nitriles is 1. The highest BCUT2D eigenvalue weighted by Gasteiger charge is 2.30. The number of nitrogens with one attached hydrogen (secondary N) is 1. The standard InChI is InChI=1S/C9H16N2/c1-9(4-2-5-9)8-11-7-3-6-10/h11H,2-5,7-8H2,1H3. The Morgan fingerprint density at radius 2 is 2.27 bits per heavy atom. The Balaban J connectivity index is 1.99. The van der Waals surface area contributed by atoms with E-state index >= 15 is 0 Å². The molecule has 62 valence electrons. The second-order valence-electron chi connectivity index (χ2n) is 3.75. The van der Waals surface area contributed by atoms with Gasteiger partial charge in [-0.3, -0.25) is 0 Å². The quantitative estimate of drug-likeness (QED) is 0.622. The van der Waals surface area contributed by atoms with Gasteiger partial charge in [-0.1, -0.05) is 13.3 Å². The fourth-order valence-electron chi connectivity index (χ4n) is 1.49. The van der Waals surface area contributed by atoms with Gasteiger partial charge in [0.1, 0.15) is 0 Å². The first kappa shape index (κ1) is 8.55. The van der Waals surface area contributed by atoms with Crippen LogP contribution in [0.2, 0.25) is 0 Å². The minimum Gasteiger partial charge on any atom is -0.315 e. The highest BCUT2D eigenvalue weighted by Crippen LogP contribution is 2.39. The van der Waals surface area contributed by atoms with Gasteiger partial charge in [-0.25, -0.2) is 0 Å². The molecule has 0 aliphatic heterocycles. The van der Waals surface area contributed by atoms with Gasteiger partial charge in [0.15, 0.2) is 0 Å². The van der Waals surface area contributed by atoms with E-state index in [2.05, 4.69) is 18.3 Å². The molecule has 1 N–H and O–H groups in total. The lowest BCUT2D eigenvalue weighted by atomic mass is 9.70. The molecule has 0 bridgehead atoms. The van der Waals surface area contributed by atoms with Crippen molar-refractivity contribution in [1.82, 2.24) is 5.32 Å². The van der Waals surface area contributed by atoms with Gasteiger partial charge >= 0.3 is 0 Å². The summed E-state index contributed by atoms with van der Waals surface area (Å²) in [5.74, 6) is 0. The lowest BCUT2D eigenvalue weighted by molar-refractivity contribution is 0.157. The number of hydrogen-bond acceptors (Lipinski definition) is 2. The Morgan fingerprint density at radius 1 is 1.55 bits per heavy atom. The highest BCUT2D eigenvalue weighted by atomic mass is 14.9. The number of nitrogens with zero attached hydrogens (tertiary/aromatic N) is 1. The van der Waals surface area contributed by atoms with E-state index in [-0.39, 0.29) is 0 Å². The van der Waals surface area contributed by atoms with Crippen LogP contribution in [0.1, 0.15) is 32.6 Å². The molecule has 2 heteroatoms. The molecule has 0 aromatic heterocycles. The van der Waals surface area contributed by atoms with Gasteiger partial charge in [-0.15, -0.1) is 0 Å². The van der Waals surface area contributed by atoms with Gasteiger partial charge in [-0.05, 0) is 18.3 Å². The van der Waals surface area contributed by atoms with E-state index in [0.29, 0.717) is 11.8 Å². The van der Waals surface area contributed by atoms with Crippen molar-refractivity contribution >= 4 is 0 Å². The van der Waals surface area contributed by atoms with Crippen LogP contribution >= 0.6 is 0 Å². The van der Waals surface area contributed by atoms with Gasteiger partial charge in [0.2, 0.25) is 0 Å². The van der Waals surface area contributed by atoms with Crippen molar-refractivity contribution < 1.29 is 0 Å². The zero-order valence-corrected chi connectivity index (χ0v) is 7.19. The Morgan fingerprint density at radius 3 is 2.73 bits per heavy atom. The van der Waals surface area contributed by atoms with Crippen LogP contribution in [0.4, 0.5) is 0 Å². The normalized spacial score (nSPS) is 20.4. The maximum absolute atomic E-state index is 8.28. The third-order valence-electron chi connectivity index (χ3n) is 2.53. The first-order valence-electron chi connectivity index (χ1n) is 4.34. The van der Waals surface area contributed by atoms with Crippen molar-refractivity contribution in [2.24, 2.45) is 5.41 Å². The van der Waals surface area contributed by atoms with Crippen LogP contribution in [-0.4, -0.2) is 13.1 Å². The maximum Gasteiger partial charge on any atom is 0.0635 e. The summed E-state index contributed by atoms with van der Waals surface area (Å²) in [6.07, 6.45) is 4.73. The van der Waals surface area contributed by atoms with E-state index in [1.165, 1.54) is 19.3 Å². The van der Waals surface area contributed by atoms with E-state index in [1.807, 2.05) is 0 Å². The second kappa shape index (κ2) is 3.73. The molecule has 0 atom stereocenters. The molecule has 0 radical (unpaired) electrons. The van der Waals surface area contributed by atoms with Crippen molar-refractivity contribution in [3.63, 3.8) is 0 Å². The molecule has 0 aromatic carbocycles. The zero-order valence-electron chi connectivity index (χ0n) is 7.19. The van der Waals surface area contributed by atoms with Gasteiger partial charge in [0.05, 0.1) is 6.07 Å². The third kappa shape index (κ3) is 2.51. The van der Waals surface area contributed by atoms with Crippen LogP contribution < -0.4 is 5.32 Å². The molecule has 11 heavy (non-hydrogen) atoms. The smallest absolute Gasteiger partial charge is 0.0635 e. The lowest BCUT2D eigenvalue weighted by Gasteiger charge is -2.38. The molecule has 0 aromatic rings. The van der Waals surface area contributed by atoms with E-state index in [0.717, 1.165) is 13.1 Å². The fraction of sp³-hybridized carbons (Fsp3) is 0.889. The van der Waals surface area contributed by atoms with E-state index in [4.69, 9.17) is 5.26 Å². The number of rotatable bonds is 4. The van der Waals surface area contributed by atoms with Crippen LogP contribution in [0.25, 0.3) is 0 Å². The summed E-state index contributed by atoms with van der Waals surface area (Å²) in [5.41, 5.74) is 0.551. The molecule has 1 fully saturated rings. The summed E-state index contributed by atoms with van der Waals surface area (Å²) in [6, 6.07) is 2.13. The summed E-state index contributed by atoms with van der Waals surface area (Å²) < 4.78 is 0. The monoisotopic (exact) mass is 152 g/mol. The molecular formula is C9H16N2. The Bertz CT molecular complexity index is 153. The van der Waals surface area contributed by atoms with Gasteiger partial charge in [-0.2, -0.15) is 5.26 Å². The summed E-state index contributed by atoms with van der Waals surface area (Å²) in [7, 11) is 0. The Kier molecular flexibility index (Phi) is 2.90. The van der Waals surface area contributed by atoms with Crippen molar-refractivity contribution in [2.45, 2.75) is 32.6 Å². The van der Waals surface area contributed by atoms with Crippen LogP contribution in [0.3, 0.4) is 0 Å². The van der Waals surface area contributed by atoms with Crippen molar-refractivity contribution in [2.75, 3.05) is 13.1 Å². The van der Waals surface area contributed by atoms with Crippen LogP contribution in [-0.2, 0) is 0 Å². The molecule has 1 rings (SSSR count). The first-order chi connectivity index (χ1) is 5.27. The topological polar surface area (TPSA) is 35.8 Å². The zero-order chi connectivity index (χ0) is 8.16. The van der Waals surface area contributed by atoms with Gasteiger partial charge in [0.25, 0.3) is 0 Å². The summed E-state index contributed by atoms with van der Waals surface area (Å²) in [5, 5.41) is 11.6. The minimum atomic E-state index is 0.551. The van der Waals surface area contributed by atoms with Crippen LogP contribution in [0.15, 0.2) is 0 Å². The van der Waals surface area contributed by atoms with Crippen molar-refractivity contribution in [1.29, 1.82) is 5.26 Å². The van der Waals surface area contributed by atoms with E-state index < -0.39 is 0 Å². The van der Waals surface area contributed by atoms with Crippen molar-refractivity contribution in [3.8, 4) is 6.07 Å². The predicted molar refractivity (Wildman–Crippen MR) is 45.1 cm³/mol. The molecule has 1 aliphatic carbocycles. The SMILES string of the molecule is CC1(CNCCC#N)CCC1. The van der Waals surface area contributed by atoms with Crippen LogP contribution in [0, 0.1) is 16.7 Å². The average molecular weight is 152 g/mol. The number of hydrogen-bond donors (Lipinski definition) is 1. The van der Waals surface area contributed by atoms with Gasteiger partial charge < -0.3 is 5.32 Å². The molecule has 0 spiro atoms. The molecule has 0 saturated heterocycles. The predicted octanol–water partition coefficient (Wildman–Crippen LogP) is 1.68. The fourth-order valence-corrected chi connectivity index (χ4v) is 1.49. The van der Waals surface area contributed by atoms with E-state index in [9.17, 15) is 0 Å². The van der Waals surface area contributed by atoms with Gasteiger partial charge in [0, 0.05) is 19.5 Å². The molecule has 1 aliphatic rings. The summed E-state index contributed by atoms with van der Waals surface area (Å²) in [4.78, 5) is 0. The summed E-state index contributed by atoms with van der Waals surface area (Å²) in [6.45, 7) is 4.26. The molecule has 0 amide bonds. The lowest BCUT2D eigenvalue weighted by Crippen LogP contribution is -2.37. The Hall–Kier alpha value is -0.550. The minimum absolute atomic E-state index is 0.551. The average Bonchev–Trinajstić information content (AvgIpc) is 1.95. The maximum atomic E-state index is 8.28. The molecule has 1 saturated carbocycles. The second-order valence-corrected chi connectivity index (χ2v) is 3.75. The first-order valence-corrected chi connectivity index (χ1v) is 4.34. The molecule has 0 unspecified atom stereocenters. The molecular weight excluding hydrogens is 136 g/mol. The summed E-state index contributed by atoms with van der Waals surface area (Å²) >= 11 is 0. The highest BCUT2D eigenvalue weighted by molar-refractivity contribution is 4.85. The van der Waals surface area contributed by atoms with Crippen LogP contribution in [0.5, 0.6) is 0 Å². The Labute approximate surface area is 68.6 Å². The molecule has 0 heterocycles. The largest absolute Gasteiger partial charge is 0.315 e.